The van der Waals surface area contributed by atoms with E-state index in [0.717, 1.165) is 11.8 Å². The van der Waals surface area contributed by atoms with Gasteiger partial charge in [0.2, 0.25) is 5.91 Å². The number of aliphatic imine (C=N–C) groups is 1. The minimum Gasteiger partial charge on any atom is -0.410 e. The van der Waals surface area contributed by atoms with Crippen molar-refractivity contribution >= 4 is 33.8 Å². The first-order valence-corrected chi connectivity index (χ1v) is 6.63. The highest BCUT2D eigenvalue weighted by atomic mass is 32.2. The van der Waals surface area contributed by atoms with Crippen molar-refractivity contribution in [1.82, 2.24) is 4.90 Å². The molecule has 9 heteroatoms. The van der Waals surface area contributed by atoms with Crippen molar-refractivity contribution in [2.24, 2.45) is 21.3 Å². The molecular formula is C11H18N4O4S. The van der Waals surface area contributed by atoms with E-state index in [1.165, 1.54) is 12.0 Å². The Bertz CT molecular complexity index is 470. The molecule has 0 saturated carbocycles. The van der Waals surface area contributed by atoms with E-state index in [1.807, 2.05) is 0 Å². The molecule has 20 heavy (non-hydrogen) atoms. The zero-order valence-corrected chi connectivity index (χ0v) is 12.6. The Balaban J connectivity index is 3.13. The maximum absolute atomic E-state index is 12.0. The fourth-order valence-electron chi connectivity index (χ4n) is 1.39. The molecular weight excluding hydrogens is 284 g/mol. The fourth-order valence-corrected chi connectivity index (χ4v) is 2.35. The first-order valence-electron chi connectivity index (χ1n) is 5.81. The standard InChI is InChI=1S/C11H18N4O4S/c1-11(2,3)9(17)13-10-15(5-6(12)16)8(19-4)7(14-18)20-10/h8,18H,5H2,1-4H3,(H2,12,16)/b13-10?,14-7-. The lowest BCUT2D eigenvalue weighted by Gasteiger charge is -2.22. The van der Waals surface area contributed by atoms with E-state index in [9.17, 15) is 9.59 Å². The van der Waals surface area contributed by atoms with Crippen LogP contribution in [0.15, 0.2) is 10.1 Å². The maximum atomic E-state index is 12.0. The van der Waals surface area contributed by atoms with Crippen LogP contribution < -0.4 is 5.73 Å². The molecule has 0 bridgehead atoms. The molecule has 0 aromatic rings. The number of carbonyl (C=O) groups excluding carboxylic acids is 2. The summed E-state index contributed by atoms with van der Waals surface area (Å²) in [6.07, 6.45) is -0.788. The van der Waals surface area contributed by atoms with Gasteiger partial charge in [0.05, 0.1) is 0 Å². The summed E-state index contributed by atoms with van der Waals surface area (Å²) in [5, 5.41) is 12.4. The topological polar surface area (TPSA) is 118 Å². The van der Waals surface area contributed by atoms with Gasteiger partial charge in [-0.25, -0.2) is 0 Å². The number of carbonyl (C=O) groups is 2. The van der Waals surface area contributed by atoms with E-state index in [4.69, 9.17) is 15.7 Å². The molecule has 1 rings (SSSR count). The minimum absolute atomic E-state index is 0.189. The molecule has 1 unspecified atom stereocenters. The van der Waals surface area contributed by atoms with E-state index in [0.29, 0.717) is 0 Å². The number of nitrogens with zero attached hydrogens (tertiary/aromatic N) is 3. The molecule has 0 radical (unpaired) electrons. The molecule has 0 spiro atoms. The second-order valence-electron chi connectivity index (χ2n) is 5.17. The Hall–Kier alpha value is -1.61. The molecule has 1 atom stereocenters. The molecule has 0 aliphatic carbocycles. The molecule has 1 saturated heterocycles. The van der Waals surface area contributed by atoms with Gasteiger partial charge in [-0.15, -0.1) is 0 Å². The van der Waals surface area contributed by atoms with Crippen LogP contribution in [-0.4, -0.2) is 52.0 Å². The SMILES string of the molecule is COC1/C(=N/O)SC(=NC(=O)C(C)(C)C)N1CC(N)=O. The van der Waals surface area contributed by atoms with E-state index in [-0.39, 0.29) is 22.7 Å². The van der Waals surface area contributed by atoms with Gasteiger partial charge in [-0.2, -0.15) is 4.99 Å². The number of amidine groups is 1. The highest BCUT2D eigenvalue weighted by Gasteiger charge is 2.39. The monoisotopic (exact) mass is 302 g/mol. The number of thioether (sulfide) groups is 1. The summed E-state index contributed by atoms with van der Waals surface area (Å²) in [6, 6.07) is 0. The third-order valence-corrected chi connectivity index (χ3v) is 3.42. The lowest BCUT2D eigenvalue weighted by molar-refractivity contribution is -0.125. The second kappa shape index (κ2) is 6.23. The van der Waals surface area contributed by atoms with Gasteiger partial charge in [0, 0.05) is 12.5 Å². The van der Waals surface area contributed by atoms with Crippen LogP contribution in [0.3, 0.4) is 0 Å². The maximum Gasteiger partial charge on any atom is 0.253 e. The zero-order chi connectivity index (χ0) is 15.5. The molecule has 0 aromatic carbocycles. The number of amides is 2. The van der Waals surface area contributed by atoms with Gasteiger partial charge in [-0.1, -0.05) is 25.9 Å². The van der Waals surface area contributed by atoms with Crippen molar-refractivity contribution in [3.05, 3.63) is 0 Å². The fraction of sp³-hybridized carbons (Fsp3) is 0.636. The number of primary amides is 1. The Morgan fingerprint density at radius 3 is 2.50 bits per heavy atom. The van der Waals surface area contributed by atoms with Gasteiger partial charge in [0.25, 0.3) is 5.91 Å². The Morgan fingerprint density at radius 1 is 1.50 bits per heavy atom. The third-order valence-electron chi connectivity index (χ3n) is 2.42. The van der Waals surface area contributed by atoms with Gasteiger partial charge in [-0.3, -0.25) is 9.59 Å². The van der Waals surface area contributed by atoms with E-state index < -0.39 is 17.6 Å². The lowest BCUT2D eigenvalue weighted by Crippen LogP contribution is -2.43. The first kappa shape index (κ1) is 16.4. The first-order chi connectivity index (χ1) is 9.20. The number of rotatable bonds is 3. The van der Waals surface area contributed by atoms with Crippen LogP contribution in [0.25, 0.3) is 0 Å². The quantitative estimate of drug-likeness (QED) is 0.568. The highest BCUT2D eigenvalue weighted by molar-refractivity contribution is 8.27. The summed E-state index contributed by atoms with van der Waals surface area (Å²) < 4.78 is 5.14. The van der Waals surface area contributed by atoms with Crippen molar-refractivity contribution < 1.29 is 19.5 Å². The summed E-state index contributed by atoms with van der Waals surface area (Å²) in [4.78, 5) is 28.4. The molecule has 0 aromatic heterocycles. The van der Waals surface area contributed by atoms with Crippen molar-refractivity contribution in [3.63, 3.8) is 0 Å². The van der Waals surface area contributed by atoms with Crippen LogP contribution in [0.1, 0.15) is 20.8 Å². The number of hydrogen-bond acceptors (Lipinski definition) is 6. The second-order valence-corrected chi connectivity index (χ2v) is 6.16. The molecule has 2 amide bonds. The van der Waals surface area contributed by atoms with Crippen molar-refractivity contribution in [3.8, 4) is 0 Å². The predicted octanol–water partition coefficient (Wildman–Crippen LogP) is 0.209. The number of nitrogens with two attached hydrogens (primary N) is 1. The van der Waals surface area contributed by atoms with E-state index in [1.54, 1.807) is 20.8 Å². The van der Waals surface area contributed by atoms with E-state index >= 15 is 0 Å². The Kier molecular flexibility index (Phi) is 5.12. The molecule has 1 aliphatic rings. The average molecular weight is 302 g/mol. The summed E-state index contributed by atoms with van der Waals surface area (Å²) in [5.41, 5.74) is 4.51. The van der Waals surface area contributed by atoms with Crippen LogP contribution >= 0.6 is 11.8 Å². The molecule has 1 aliphatic heterocycles. The normalized spacial score (nSPS) is 23.6. The lowest BCUT2D eigenvalue weighted by atomic mass is 9.96. The number of oxime groups is 1. The number of ether oxygens (including phenoxy) is 1. The predicted molar refractivity (Wildman–Crippen MR) is 75.4 cm³/mol. The minimum atomic E-state index is -0.788. The summed E-state index contributed by atoms with van der Waals surface area (Å²) in [6.45, 7) is 4.99. The third kappa shape index (κ3) is 3.70. The van der Waals surface area contributed by atoms with Crippen LogP contribution in [-0.2, 0) is 14.3 Å². The molecule has 112 valence electrons. The van der Waals surface area contributed by atoms with Crippen molar-refractivity contribution in [1.29, 1.82) is 0 Å². The Labute approximate surface area is 121 Å². The molecule has 1 heterocycles. The van der Waals surface area contributed by atoms with Crippen LogP contribution in [0, 0.1) is 5.41 Å². The number of hydrogen-bond donors (Lipinski definition) is 2. The molecule has 1 fully saturated rings. The van der Waals surface area contributed by atoms with Crippen molar-refractivity contribution in [2.45, 2.75) is 27.0 Å². The summed E-state index contributed by atoms with van der Waals surface area (Å²) in [5.74, 6) is -0.966. The highest BCUT2D eigenvalue weighted by Crippen LogP contribution is 2.28. The summed E-state index contributed by atoms with van der Waals surface area (Å²) >= 11 is 0.960. The molecule has 8 nitrogen and oxygen atoms in total. The Morgan fingerprint density at radius 2 is 2.10 bits per heavy atom. The largest absolute Gasteiger partial charge is 0.410 e. The van der Waals surface area contributed by atoms with Gasteiger partial charge >= 0.3 is 0 Å². The van der Waals surface area contributed by atoms with Crippen molar-refractivity contribution in [2.75, 3.05) is 13.7 Å². The molecule has 3 N–H and O–H groups in total. The van der Waals surface area contributed by atoms with Gasteiger partial charge in [-0.05, 0) is 11.8 Å². The summed E-state index contributed by atoms with van der Waals surface area (Å²) in [7, 11) is 1.39. The van der Waals surface area contributed by atoms with Gasteiger partial charge in [0.15, 0.2) is 16.4 Å². The average Bonchev–Trinajstić information content (AvgIpc) is 2.64. The van der Waals surface area contributed by atoms with E-state index in [2.05, 4.69) is 10.1 Å². The van der Waals surface area contributed by atoms with Crippen LogP contribution in [0.2, 0.25) is 0 Å². The van der Waals surface area contributed by atoms with Gasteiger partial charge < -0.3 is 20.6 Å². The van der Waals surface area contributed by atoms with Gasteiger partial charge in [0.1, 0.15) is 6.54 Å². The van der Waals surface area contributed by atoms with Crippen LogP contribution in [0.4, 0.5) is 0 Å². The zero-order valence-electron chi connectivity index (χ0n) is 11.8. The van der Waals surface area contributed by atoms with Crippen LogP contribution in [0.5, 0.6) is 0 Å². The smallest absolute Gasteiger partial charge is 0.253 e. The number of methoxy groups -OCH3 is 1.